The second kappa shape index (κ2) is 8.01. The van der Waals surface area contributed by atoms with E-state index in [0.717, 1.165) is 20.3 Å². The van der Waals surface area contributed by atoms with Crippen LogP contribution >= 0.6 is 31.9 Å². The Bertz CT molecular complexity index is 916. The Hall–Kier alpha value is -2.19. The van der Waals surface area contributed by atoms with Gasteiger partial charge in [0.1, 0.15) is 18.1 Å². The summed E-state index contributed by atoms with van der Waals surface area (Å²) in [5, 5.41) is 3.83. The average Bonchev–Trinajstić information content (AvgIpc) is 3.12. The molecule has 0 unspecified atom stereocenters. The van der Waals surface area contributed by atoms with Crippen LogP contribution in [0.2, 0.25) is 0 Å². The Morgan fingerprint density at radius 3 is 2.35 bits per heavy atom. The molecule has 0 N–H and O–H groups in total. The number of carbonyl (C=O) groups excluding carboxylic acids is 1. The molecule has 3 rings (SSSR count). The number of benzene rings is 2. The van der Waals surface area contributed by atoms with Crippen molar-refractivity contribution in [3.63, 3.8) is 0 Å². The molecule has 0 radical (unpaired) electrons. The van der Waals surface area contributed by atoms with Crippen molar-refractivity contribution < 1.29 is 18.8 Å². The molecule has 0 saturated carbocycles. The Kier molecular flexibility index (Phi) is 5.73. The number of rotatable bonds is 6. The zero-order chi connectivity index (χ0) is 18.7. The fourth-order valence-corrected chi connectivity index (χ4v) is 3.60. The van der Waals surface area contributed by atoms with Crippen molar-refractivity contribution >= 4 is 37.6 Å². The van der Waals surface area contributed by atoms with Gasteiger partial charge in [0.2, 0.25) is 11.6 Å². The van der Waals surface area contributed by atoms with Crippen LogP contribution in [0.3, 0.4) is 0 Å². The van der Waals surface area contributed by atoms with Gasteiger partial charge >= 0.3 is 0 Å². The van der Waals surface area contributed by atoms with Crippen molar-refractivity contribution in [1.82, 2.24) is 10.1 Å². The van der Waals surface area contributed by atoms with Crippen molar-refractivity contribution in [3.8, 4) is 22.9 Å². The quantitative estimate of drug-likeness (QED) is 0.458. The molecule has 2 aromatic carbocycles. The van der Waals surface area contributed by atoms with Gasteiger partial charge in [-0.2, -0.15) is 4.98 Å². The zero-order valence-corrected chi connectivity index (χ0v) is 17.1. The SMILES string of the molecule is COc1ccc(COc2c(Br)cc(-c3noc(C(C)=O)n3)cc2Br)cc1. The molecule has 1 heterocycles. The first-order valence-electron chi connectivity index (χ1n) is 7.57. The first kappa shape index (κ1) is 18.6. The lowest BCUT2D eigenvalue weighted by molar-refractivity contribution is 0.0972. The normalized spacial score (nSPS) is 10.6. The van der Waals surface area contributed by atoms with Gasteiger partial charge in [-0.1, -0.05) is 17.3 Å². The maximum atomic E-state index is 11.3. The van der Waals surface area contributed by atoms with E-state index >= 15 is 0 Å². The van der Waals surface area contributed by atoms with E-state index in [-0.39, 0.29) is 11.7 Å². The van der Waals surface area contributed by atoms with Gasteiger partial charge < -0.3 is 14.0 Å². The molecule has 0 atom stereocenters. The second-order valence-corrected chi connectivity index (χ2v) is 7.09. The number of ether oxygens (including phenoxy) is 2. The number of carbonyl (C=O) groups is 1. The molecule has 3 aromatic rings. The first-order chi connectivity index (χ1) is 12.5. The van der Waals surface area contributed by atoms with Crippen LogP contribution < -0.4 is 9.47 Å². The third-order valence-electron chi connectivity index (χ3n) is 3.53. The van der Waals surface area contributed by atoms with Gasteiger partial charge in [-0.25, -0.2) is 0 Å². The summed E-state index contributed by atoms with van der Waals surface area (Å²) in [7, 11) is 1.63. The van der Waals surface area contributed by atoms with Crippen molar-refractivity contribution in [2.24, 2.45) is 0 Å². The van der Waals surface area contributed by atoms with Crippen LogP contribution in [0, 0.1) is 0 Å². The summed E-state index contributed by atoms with van der Waals surface area (Å²) >= 11 is 7.00. The number of halogens is 2. The highest BCUT2D eigenvalue weighted by molar-refractivity contribution is 9.11. The minimum atomic E-state index is -0.277. The molecule has 1 aromatic heterocycles. The monoisotopic (exact) mass is 480 g/mol. The van der Waals surface area contributed by atoms with Crippen LogP contribution in [0.15, 0.2) is 49.9 Å². The highest BCUT2D eigenvalue weighted by Crippen LogP contribution is 2.37. The second-order valence-electron chi connectivity index (χ2n) is 5.39. The van der Waals surface area contributed by atoms with Gasteiger partial charge in [-0.05, 0) is 61.7 Å². The molecule has 0 amide bonds. The van der Waals surface area contributed by atoms with E-state index in [1.165, 1.54) is 6.92 Å². The van der Waals surface area contributed by atoms with E-state index in [9.17, 15) is 4.79 Å². The number of nitrogens with zero attached hydrogens (tertiary/aromatic N) is 2. The first-order valence-corrected chi connectivity index (χ1v) is 9.16. The molecular formula is C18H14Br2N2O4. The predicted molar refractivity (Wildman–Crippen MR) is 102 cm³/mol. The van der Waals surface area contributed by atoms with Crippen molar-refractivity contribution in [2.75, 3.05) is 7.11 Å². The zero-order valence-electron chi connectivity index (χ0n) is 14.0. The fourth-order valence-electron chi connectivity index (χ4n) is 2.19. The number of hydrogen-bond donors (Lipinski definition) is 0. The van der Waals surface area contributed by atoms with Crippen LogP contribution in [0.1, 0.15) is 23.2 Å². The average molecular weight is 482 g/mol. The maximum absolute atomic E-state index is 11.3. The highest BCUT2D eigenvalue weighted by Gasteiger charge is 2.16. The van der Waals surface area contributed by atoms with Crippen molar-refractivity contribution in [1.29, 1.82) is 0 Å². The third-order valence-corrected chi connectivity index (χ3v) is 4.70. The van der Waals surface area contributed by atoms with E-state index in [2.05, 4.69) is 42.0 Å². The number of methoxy groups -OCH3 is 1. The molecular weight excluding hydrogens is 468 g/mol. The van der Waals surface area contributed by atoms with Crippen LogP contribution in [0.25, 0.3) is 11.4 Å². The van der Waals surface area contributed by atoms with Gasteiger partial charge in [0.15, 0.2) is 0 Å². The van der Waals surface area contributed by atoms with Gasteiger partial charge in [0, 0.05) is 12.5 Å². The number of Topliss-reactive ketones (excluding diaryl/α,β-unsaturated/α-hetero) is 1. The van der Waals surface area contributed by atoms with Crippen LogP contribution in [-0.4, -0.2) is 23.0 Å². The molecule has 134 valence electrons. The summed E-state index contributed by atoms with van der Waals surface area (Å²) in [5.74, 6) is 1.48. The Morgan fingerprint density at radius 1 is 1.15 bits per heavy atom. The standard InChI is InChI=1S/C18H14Br2N2O4/c1-10(23)18-21-17(22-26-18)12-7-14(19)16(15(20)8-12)25-9-11-3-5-13(24-2)6-4-11/h3-8H,9H2,1-2H3. The summed E-state index contributed by atoms with van der Waals surface area (Å²) in [4.78, 5) is 15.4. The van der Waals surface area contributed by atoms with Gasteiger partial charge in [0.05, 0.1) is 16.1 Å². The summed E-state index contributed by atoms with van der Waals surface area (Å²) < 4.78 is 17.4. The lowest BCUT2D eigenvalue weighted by Gasteiger charge is -2.12. The molecule has 6 nitrogen and oxygen atoms in total. The maximum Gasteiger partial charge on any atom is 0.294 e. The lowest BCUT2D eigenvalue weighted by atomic mass is 10.2. The van der Waals surface area contributed by atoms with Crippen LogP contribution in [0.5, 0.6) is 11.5 Å². The Labute approximate surface area is 166 Å². The summed E-state index contributed by atoms with van der Waals surface area (Å²) in [6.07, 6.45) is 0. The van der Waals surface area contributed by atoms with Gasteiger partial charge in [-0.3, -0.25) is 4.79 Å². The summed E-state index contributed by atoms with van der Waals surface area (Å²) in [5.41, 5.74) is 1.70. The molecule has 26 heavy (non-hydrogen) atoms. The largest absolute Gasteiger partial charge is 0.497 e. The smallest absolute Gasteiger partial charge is 0.294 e. The van der Waals surface area contributed by atoms with E-state index in [0.29, 0.717) is 23.7 Å². The molecule has 0 bridgehead atoms. The topological polar surface area (TPSA) is 74.5 Å². The number of ketones is 1. The van der Waals surface area contributed by atoms with Crippen LogP contribution in [-0.2, 0) is 6.61 Å². The number of aromatic nitrogens is 2. The highest BCUT2D eigenvalue weighted by atomic mass is 79.9. The van der Waals surface area contributed by atoms with E-state index in [1.807, 2.05) is 36.4 Å². The molecule has 0 saturated heterocycles. The van der Waals surface area contributed by atoms with Crippen molar-refractivity contribution in [3.05, 3.63) is 56.8 Å². The third kappa shape index (κ3) is 4.13. The van der Waals surface area contributed by atoms with Crippen molar-refractivity contribution in [2.45, 2.75) is 13.5 Å². The molecule has 0 aliphatic heterocycles. The molecule has 0 spiro atoms. The summed E-state index contributed by atoms with van der Waals surface area (Å²) in [6.45, 7) is 1.77. The number of hydrogen-bond acceptors (Lipinski definition) is 6. The van der Waals surface area contributed by atoms with E-state index in [4.69, 9.17) is 14.0 Å². The lowest BCUT2D eigenvalue weighted by Crippen LogP contribution is -1.98. The van der Waals surface area contributed by atoms with E-state index < -0.39 is 0 Å². The Morgan fingerprint density at radius 2 is 1.81 bits per heavy atom. The minimum Gasteiger partial charge on any atom is -0.497 e. The Balaban J connectivity index is 1.79. The van der Waals surface area contributed by atoms with Crippen LogP contribution in [0.4, 0.5) is 0 Å². The fraction of sp³-hybridized carbons (Fsp3) is 0.167. The molecule has 0 fully saturated rings. The molecule has 0 aliphatic carbocycles. The van der Waals surface area contributed by atoms with Gasteiger partial charge in [-0.15, -0.1) is 0 Å². The summed E-state index contributed by atoms with van der Waals surface area (Å²) in [6, 6.07) is 11.3. The van der Waals surface area contributed by atoms with E-state index in [1.54, 1.807) is 7.11 Å². The minimum absolute atomic E-state index is 0.0212. The van der Waals surface area contributed by atoms with Gasteiger partial charge in [0.25, 0.3) is 5.89 Å². The predicted octanol–water partition coefficient (Wildman–Crippen LogP) is 5.05. The molecule has 0 aliphatic rings. The molecule has 8 heteroatoms.